The molecule has 1 N–H and O–H groups in total. The van der Waals surface area contributed by atoms with E-state index in [9.17, 15) is 0 Å². The summed E-state index contributed by atoms with van der Waals surface area (Å²) >= 11 is 8.41. The summed E-state index contributed by atoms with van der Waals surface area (Å²) in [6.45, 7) is 0. The Balaban J connectivity index is 1.76. The monoisotopic (exact) mass is 280 g/mol. The molecule has 0 saturated carbocycles. The van der Waals surface area contributed by atoms with Crippen molar-refractivity contribution in [3.8, 4) is 0 Å². The summed E-state index contributed by atoms with van der Waals surface area (Å²) < 4.78 is 0. The molecule has 0 amide bonds. The molecule has 0 spiro atoms. The van der Waals surface area contributed by atoms with Crippen molar-refractivity contribution in [1.82, 2.24) is 9.97 Å². The molecule has 3 rings (SSSR count). The number of aromatic amines is 1. The van der Waals surface area contributed by atoms with Crippen LogP contribution in [-0.2, 0) is 19.3 Å². The molecule has 0 fully saturated rings. The minimum atomic E-state index is 0.0491. The number of thiophene rings is 1. The molecule has 96 valence electrons. The number of hydrogen-bond acceptors (Lipinski definition) is 2. The molecule has 2 aromatic rings. The minimum Gasteiger partial charge on any atom is -0.349 e. The average Bonchev–Trinajstić information content (AvgIpc) is 2.95. The summed E-state index contributed by atoms with van der Waals surface area (Å²) in [7, 11) is 0. The maximum atomic E-state index is 6.51. The van der Waals surface area contributed by atoms with Crippen LogP contribution in [0.2, 0.25) is 0 Å². The SMILES string of the molecule is ClC(Cc1ncc[nH]1)c1cc2c(s1)CCCCC2. The van der Waals surface area contributed by atoms with Crippen molar-refractivity contribution >= 4 is 22.9 Å². The Morgan fingerprint density at radius 1 is 1.33 bits per heavy atom. The van der Waals surface area contributed by atoms with E-state index >= 15 is 0 Å². The van der Waals surface area contributed by atoms with Crippen LogP contribution in [0.1, 0.15) is 45.8 Å². The lowest BCUT2D eigenvalue weighted by Gasteiger charge is -2.04. The van der Waals surface area contributed by atoms with E-state index in [0.717, 1.165) is 12.2 Å². The molecule has 2 aromatic heterocycles. The molecule has 0 aromatic carbocycles. The molecule has 0 bridgehead atoms. The minimum absolute atomic E-state index is 0.0491. The van der Waals surface area contributed by atoms with Gasteiger partial charge in [-0.25, -0.2) is 4.98 Å². The van der Waals surface area contributed by atoms with Crippen molar-refractivity contribution in [3.63, 3.8) is 0 Å². The van der Waals surface area contributed by atoms with Crippen LogP contribution in [0.5, 0.6) is 0 Å². The quantitative estimate of drug-likeness (QED) is 0.660. The fourth-order valence-corrected chi connectivity index (χ4v) is 4.10. The predicted molar refractivity (Wildman–Crippen MR) is 76.5 cm³/mol. The zero-order chi connectivity index (χ0) is 12.4. The lowest BCUT2D eigenvalue weighted by atomic mass is 10.1. The zero-order valence-corrected chi connectivity index (χ0v) is 11.9. The molecule has 0 radical (unpaired) electrons. The first kappa shape index (κ1) is 12.2. The van der Waals surface area contributed by atoms with Crippen LogP contribution in [0.25, 0.3) is 0 Å². The van der Waals surface area contributed by atoms with Crippen LogP contribution >= 0.6 is 22.9 Å². The average molecular weight is 281 g/mol. The van der Waals surface area contributed by atoms with E-state index in [2.05, 4.69) is 16.0 Å². The van der Waals surface area contributed by atoms with Crippen LogP contribution in [0.15, 0.2) is 18.5 Å². The van der Waals surface area contributed by atoms with Gasteiger partial charge >= 0.3 is 0 Å². The summed E-state index contributed by atoms with van der Waals surface area (Å²) in [5.74, 6) is 0.971. The van der Waals surface area contributed by atoms with Gasteiger partial charge in [0.1, 0.15) is 5.82 Å². The van der Waals surface area contributed by atoms with E-state index in [1.807, 2.05) is 17.5 Å². The number of aryl methyl sites for hydroxylation is 2. The number of hydrogen-bond donors (Lipinski definition) is 1. The highest BCUT2D eigenvalue weighted by molar-refractivity contribution is 7.12. The molecule has 18 heavy (non-hydrogen) atoms. The number of aromatic nitrogens is 2. The number of nitrogens with one attached hydrogen (secondary N) is 1. The molecular weight excluding hydrogens is 264 g/mol. The lowest BCUT2D eigenvalue weighted by Crippen LogP contribution is -1.95. The first-order valence-electron chi connectivity index (χ1n) is 6.57. The molecule has 1 aliphatic rings. The highest BCUT2D eigenvalue weighted by atomic mass is 35.5. The normalized spacial score (nSPS) is 17.2. The summed E-state index contributed by atoms with van der Waals surface area (Å²) in [4.78, 5) is 10.2. The highest BCUT2D eigenvalue weighted by Crippen LogP contribution is 2.35. The number of nitrogens with zero attached hydrogens (tertiary/aromatic N) is 1. The van der Waals surface area contributed by atoms with E-state index in [1.54, 1.807) is 11.1 Å². The van der Waals surface area contributed by atoms with Gasteiger partial charge in [0, 0.05) is 28.6 Å². The van der Waals surface area contributed by atoms with Crippen LogP contribution in [0, 0.1) is 0 Å². The number of fused-ring (bicyclic) bond motifs is 1. The second kappa shape index (κ2) is 5.45. The Hall–Kier alpha value is -0.800. The predicted octanol–water partition coefficient (Wildman–Crippen LogP) is 4.26. The van der Waals surface area contributed by atoms with E-state index in [0.29, 0.717) is 0 Å². The Labute approximate surface area is 116 Å². The van der Waals surface area contributed by atoms with Crippen molar-refractivity contribution in [1.29, 1.82) is 0 Å². The standard InChI is InChI=1S/C14H17ClN2S/c15-11(9-14-16-6-7-17-14)13-8-10-4-2-1-3-5-12(10)18-13/h6-8,11H,1-5,9H2,(H,16,17). The van der Waals surface area contributed by atoms with Crippen LogP contribution in [0.3, 0.4) is 0 Å². The van der Waals surface area contributed by atoms with Gasteiger partial charge in [-0.05, 0) is 37.3 Å². The lowest BCUT2D eigenvalue weighted by molar-refractivity contribution is 0.712. The van der Waals surface area contributed by atoms with Crippen LogP contribution in [-0.4, -0.2) is 9.97 Å². The second-order valence-corrected chi connectivity index (χ2v) is 6.56. The Bertz CT molecular complexity index is 480. The Morgan fingerprint density at radius 2 is 2.22 bits per heavy atom. The summed E-state index contributed by atoms with van der Waals surface area (Å²) in [6.07, 6.45) is 10.9. The number of imidazole rings is 1. The van der Waals surface area contributed by atoms with E-state index in [1.165, 1.54) is 42.5 Å². The van der Waals surface area contributed by atoms with Gasteiger partial charge in [0.05, 0.1) is 5.38 Å². The molecule has 4 heteroatoms. The van der Waals surface area contributed by atoms with Crippen molar-refractivity contribution < 1.29 is 0 Å². The zero-order valence-electron chi connectivity index (χ0n) is 10.3. The highest BCUT2D eigenvalue weighted by Gasteiger charge is 2.17. The van der Waals surface area contributed by atoms with E-state index in [4.69, 9.17) is 11.6 Å². The smallest absolute Gasteiger partial charge is 0.107 e. The van der Waals surface area contributed by atoms with Crippen LogP contribution in [0.4, 0.5) is 0 Å². The van der Waals surface area contributed by atoms with Gasteiger partial charge in [-0.3, -0.25) is 0 Å². The van der Waals surface area contributed by atoms with Gasteiger partial charge in [-0.15, -0.1) is 22.9 Å². The maximum Gasteiger partial charge on any atom is 0.107 e. The Kier molecular flexibility index (Phi) is 3.71. The van der Waals surface area contributed by atoms with Gasteiger partial charge in [-0.2, -0.15) is 0 Å². The fraction of sp³-hybridized carbons (Fsp3) is 0.500. The van der Waals surface area contributed by atoms with Gasteiger partial charge in [0.2, 0.25) is 0 Å². The molecule has 0 saturated heterocycles. The van der Waals surface area contributed by atoms with Gasteiger partial charge < -0.3 is 4.98 Å². The number of alkyl halides is 1. The molecule has 1 unspecified atom stereocenters. The molecule has 0 aliphatic heterocycles. The summed E-state index contributed by atoms with van der Waals surface area (Å²) in [5.41, 5.74) is 1.54. The van der Waals surface area contributed by atoms with Crippen LogP contribution < -0.4 is 0 Å². The number of halogens is 1. The summed E-state index contributed by atoms with van der Waals surface area (Å²) in [5, 5.41) is 0.0491. The largest absolute Gasteiger partial charge is 0.349 e. The third-order valence-corrected chi connectivity index (χ3v) is 5.37. The number of H-pyrrole nitrogens is 1. The topological polar surface area (TPSA) is 28.7 Å². The van der Waals surface area contributed by atoms with Gasteiger partial charge in [0.15, 0.2) is 0 Å². The third kappa shape index (κ3) is 2.62. The number of rotatable bonds is 3. The first-order valence-corrected chi connectivity index (χ1v) is 7.82. The molecule has 2 heterocycles. The van der Waals surface area contributed by atoms with Gasteiger partial charge in [0.25, 0.3) is 0 Å². The molecule has 1 aliphatic carbocycles. The van der Waals surface area contributed by atoms with Gasteiger partial charge in [-0.1, -0.05) is 6.42 Å². The van der Waals surface area contributed by atoms with Crippen molar-refractivity contribution in [3.05, 3.63) is 39.6 Å². The summed E-state index contributed by atoms with van der Waals surface area (Å²) in [6, 6.07) is 2.33. The van der Waals surface area contributed by atoms with Crippen molar-refractivity contribution in [2.24, 2.45) is 0 Å². The Morgan fingerprint density at radius 3 is 3.06 bits per heavy atom. The van der Waals surface area contributed by atoms with Crippen molar-refractivity contribution in [2.75, 3.05) is 0 Å². The molecular formula is C14H17ClN2S. The molecule has 2 nitrogen and oxygen atoms in total. The van der Waals surface area contributed by atoms with E-state index < -0.39 is 0 Å². The van der Waals surface area contributed by atoms with Crippen molar-refractivity contribution in [2.45, 2.75) is 43.9 Å². The van der Waals surface area contributed by atoms with E-state index in [-0.39, 0.29) is 5.38 Å². The second-order valence-electron chi connectivity index (χ2n) is 4.87. The fourth-order valence-electron chi connectivity index (χ4n) is 2.52. The first-order chi connectivity index (χ1) is 8.83. The molecule has 1 atom stereocenters. The maximum absolute atomic E-state index is 6.51. The third-order valence-electron chi connectivity index (χ3n) is 3.50.